The van der Waals surface area contributed by atoms with Crippen LogP contribution in [0.15, 0.2) is 4.52 Å². The molecular formula is C15H27N3O2. The minimum absolute atomic E-state index is 0.468. The van der Waals surface area contributed by atoms with E-state index in [0.717, 1.165) is 25.7 Å². The molecule has 0 aromatic carbocycles. The first-order chi connectivity index (χ1) is 9.43. The average Bonchev–Trinajstić information content (AvgIpc) is 2.89. The first-order valence-electron chi connectivity index (χ1n) is 7.71. The number of hydrogen-bond donors (Lipinski definition) is 1. The molecule has 1 aliphatic rings. The van der Waals surface area contributed by atoms with Crippen LogP contribution in [0.2, 0.25) is 0 Å². The van der Waals surface area contributed by atoms with Gasteiger partial charge in [0, 0.05) is 6.61 Å². The van der Waals surface area contributed by atoms with E-state index in [-0.39, 0.29) is 0 Å². The molecule has 0 spiro atoms. The van der Waals surface area contributed by atoms with Crippen molar-refractivity contribution in [2.24, 2.45) is 11.7 Å². The van der Waals surface area contributed by atoms with Gasteiger partial charge < -0.3 is 15.0 Å². The minimum atomic E-state index is -0.493. The van der Waals surface area contributed by atoms with Gasteiger partial charge in [-0.2, -0.15) is 4.98 Å². The summed E-state index contributed by atoms with van der Waals surface area (Å²) in [7, 11) is 0. The van der Waals surface area contributed by atoms with E-state index >= 15 is 0 Å². The van der Waals surface area contributed by atoms with E-state index in [4.69, 9.17) is 15.0 Å². The van der Waals surface area contributed by atoms with Crippen LogP contribution in [0.1, 0.15) is 71.5 Å². The highest BCUT2D eigenvalue weighted by atomic mass is 16.5. The summed E-state index contributed by atoms with van der Waals surface area (Å²) in [6, 6.07) is 0. The molecule has 1 heterocycles. The topological polar surface area (TPSA) is 74.2 Å². The third kappa shape index (κ3) is 2.88. The third-order valence-electron chi connectivity index (χ3n) is 4.50. The lowest BCUT2D eigenvalue weighted by atomic mass is 9.77. The summed E-state index contributed by atoms with van der Waals surface area (Å²) in [6.45, 7) is 8.89. The third-order valence-corrected chi connectivity index (χ3v) is 4.50. The van der Waals surface area contributed by atoms with E-state index in [0.29, 0.717) is 24.2 Å². The lowest BCUT2D eigenvalue weighted by Crippen LogP contribution is -2.41. The lowest BCUT2D eigenvalue weighted by Gasteiger charge is -2.33. The van der Waals surface area contributed by atoms with Crippen molar-refractivity contribution in [2.75, 3.05) is 6.61 Å². The molecule has 5 nitrogen and oxygen atoms in total. The molecule has 2 rings (SSSR count). The van der Waals surface area contributed by atoms with Crippen LogP contribution >= 0.6 is 0 Å². The average molecular weight is 281 g/mol. The Labute approximate surface area is 121 Å². The van der Waals surface area contributed by atoms with Crippen molar-refractivity contribution < 1.29 is 9.26 Å². The molecule has 3 unspecified atom stereocenters. The minimum Gasteiger partial charge on any atom is -0.367 e. The standard InChI is InChI=1S/C15H27N3O2/c1-5-14(4,19-6-2)12-17-13(20-18-12)15(16)9-7-8-11(3)10-15/h11H,5-10,16H2,1-4H3. The largest absolute Gasteiger partial charge is 0.367 e. The number of ether oxygens (including phenoxy) is 1. The Morgan fingerprint density at radius 1 is 1.50 bits per heavy atom. The fourth-order valence-corrected chi connectivity index (χ4v) is 3.07. The van der Waals surface area contributed by atoms with E-state index in [9.17, 15) is 0 Å². The molecule has 0 aliphatic heterocycles. The van der Waals surface area contributed by atoms with Crippen LogP contribution in [0.25, 0.3) is 0 Å². The van der Waals surface area contributed by atoms with Gasteiger partial charge in [0.15, 0.2) is 0 Å². The molecule has 1 aromatic rings. The summed E-state index contributed by atoms with van der Waals surface area (Å²) in [5.74, 6) is 1.78. The van der Waals surface area contributed by atoms with E-state index < -0.39 is 11.1 Å². The summed E-state index contributed by atoms with van der Waals surface area (Å²) in [6.07, 6.45) is 4.97. The quantitative estimate of drug-likeness (QED) is 0.897. The number of rotatable bonds is 5. The monoisotopic (exact) mass is 281 g/mol. The van der Waals surface area contributed by atoms with Crippen LogP contribution in [0, 0.1) is 5.92 Å². The Kier molecular flexibility index (Phi) is 4.49. The van der Waals surface area contributed by atoms with Crippen LogP contribution in [-0.2, 0) is 15.9 Å². The Balaban J connectivity index is 2.24. The Morgan fingerprint density at radius 2 is 2.25 bits per heavy atom. The second kappa shape index (κ2) is 5.82. The highest BCUT2D eigenvalue weighted by Gasteiger charge is 2.40. The number of aromatic nitrogens is 2. The van der Waals surface area contributed by atoms with Gasteiger partial charge in [0.1, 0.15) is 5.60 Å². The number of hydrogen-bond acceptors (Lipinski definition) is 5. The second-order valence-electron chi connectivity index (χ2n) is 6.30. The maximum absolute atomic E-state index is 6.51. The molecule has 1 fully saturated rings. The van der Waals surface area contributed by atoms with Gasteiger partial charge >= 0.3 is 0 Å². The summed E-state index contributed by atoms with van der Waals surface area (Å²) in [4.78, 5) is 4.57. The van der Waals surface area contributed by atoms with E-state index in [1.165, 1.54) is 6.42 Å². The molecule has 5 heteroatoms. The van der Waals surface area contributed by atoms with Crippen molar-refractivity contribution in [1.29, 1.82) is 0 Å². The maximum Gasteiger partial charge on any atom is 0.246 e. The second-order valence-corrected chi connectivity index (χ2v) is 6.30. The fourth-order valence-electron chi connectivity index (χ4n) is 3.07. The normalized spacial score (nSPS) is 30.1. The van der Waals surface area contributed by atoms with Crippen LogP contribution in [0.4, 0.5) is 0 Å². The number of nitrogens with zero attached hydrogens (tertiary/aromatic N) is 2. The number of nitrogens with two attached hydrogens (primary N) is 1. The van der Waals surface area contributed by atoms with Gasteiger partial charge in [0.25, 0.3) is 0 Å². The zero-order chi connectivity index (χ0) is 14.8. The Hall–Kier alpha value is -0.940. The van der Waals surface area contributed by atoms with Crippen molar-refractivity contribution in [3.63, 3.8) is 0 Å². The summed E-state index contributed by atoms with van der Waals surface area (Å²) >= 11 is 0. The van der Waals surface area contributed by atoms with Gasteiger partial charge in [-0.25, -0.2) is 0 Å². The first kappa shape index (κ1) is 15.4. The van der Waals surface area contributed by atoms with Crippen LogP contribution in [0.5, 0.6) is 0 Å². The van der Waals surface area contributed by atoms with Crippen molar-refractivity contribution in [3.8, 4) is 0 Å². The van der Waals surface area contributed by atoms with E-state index in [1.54, 1.807) is 0 Å². The van der Waals surface area contributed by atoms with E-state index in [1.807, 2.05) is 13.8 Å². The molecule has 2 N–H and O–H groups in total. The van der Waals surface area contributed by atoms with Gasteiger partial charge in [-0.15, -0.1) is 0 Å². The Morgan fingerprint density at radius 3 is 2.85 bits per heavy atom. The van der Waals surface area contributed by atoms with Crippen LogP contribution in [0.3, 0.4) is 0 Å². The van der Waals surface area contributed by atoms with E-state index in [2.05, 4.69) is 24.0 Å². The smallest absolute Gasteiger partial charge is 0.246 e. The molecule has 0 saturated heterocycles. The highest BCUT2D eigenvalue weighted by molar-refractivity contribution is 5.08. The van der Waals surface area contributed by atoms with Crippen LogP contribution in [-0.4, -0.2) is 16.7 Å². The van der Waals surface area contributed by atoms with Crippen molar-refractivity contribution in [3.05, 3.63) is 11.7 Å². The zero-order valence-corrected chi connectivity index (χ0v) is 13.1. The van der Waals surface area contributed by atoms with Gasteiger partial charge in [0.2, 0.25) is 11.7 Å². The van der Waals surface area contributed by atoms with Gasteiger partial charge in [0.05, 0.1) is 5.54 Å². The highest BCUT2D eigenvalue weighted by Crippen LogP contribution is 2.38. The van der Waals surface area contributed by atoms with Gasteiger partial charge in [-0.3, -0.25) is 0 Å². The zero-order valence-electron chi connectivity index (χ0n) is 13.1. The van der Waals surface area contributed by atoms with Crippen LogP contribution < -0.4 is 5.73 Å². The molecule has 1 aliphatic carbocycles. The summed E-state index contributed by atoms with van der Waals surface area (Å²) in [5.41, 5.74) is 5.54. The molecule has 3 atom stereocenters. The molecule has 0 radical (unpaired) electrons. The molecular weight excluding hydrogens is 254 g/mol. The van der Waals surface area contributed by atoms with Gasteiger partial charge in [-0.1, -0.05) is 31.8 Å². The molecule has 20 heavy (non-hydrogen) atoms. The SMILES string of the molecule is CCOC(C)(CC)c1noc(C2(N)CCCC(C)C2)n1. The van der Waals surface area contributed by atoms with Crippen molar-refractivity contribution in [1.82, 2.24) is 10.1 Å². The summed E-state index contributed by atoms with van der Waals surface area (Å²) in [5, 5.41) is 4.13. The van der Waals surface area contributed by atoms with Gasteiger partial charge in [-0.05, 0) is 39.0 Å². The fraction of sp³-hybridized carbons (Fsp3) is 0.867. The summed E-state index contributed by atoms with van der Waals surface area (Å²) < 4.78 is 11.3. The molecule has 0 bridgehead atoms. The Bertz CT molecular complexity index is 448. The molecule has 1 aromatic heterocycles. The molecule has 114 valence electrons. The molecule has 0 amide bonds. The molecule has 1 saturated carbocycles. The predicted octanol–water partition coefficient (Wildman–Crippen LogP) is 3.10. The van der Waals surface area contributed by atoms with Crippen molar-refractivity contribution in [2.45, 2.75) is 70.9 Å². The first-order valence-corrected chi connectivity index (χ1v) is 7.71. The lowest BCUT2D eigenvalue weighted by molar-refractivity contribution is -0.0403. The maximum atomic E-state index is 6.51. The predicted molar refractivity (Wildman–Crippen MR) is 77.1 cm³/mol. The van der Waals surface area contributed by atoms with Crippen molar-refractivity contribution >= 4 is 0 Å².